The van der Waals surface area contributed by atoms with E-state index in [1.807, 2.05) is 12.1 Å². The lowest BCUT2D eigenvalue weighted by Gasteiger charge is -2.38. The zero-order chi connectivity index (χ0) is 18.8. The van der Waals surface area contributed by atoms with Gasteiger partial charge in [-0.2, -0.15) is 0 Å². The van der Waals surface area contributed by atoms with Crippen molar-refractivity contribution in [2.45, 2.75) is 46.6 Å². The van der Waals surface area contributed by atoms with Gasteiger partial charge < -0.3 is 10.6 Å². The third-order valence-electron chi connectivity index (χ3n) is 5.28. The molecular formula is C20H31N5O. The van der Waals surface area contributed by atoms with Gasteiger partial charge in [-0.05, 0) is 38.3 Å². The summed E-state index contributed by atoms with van der Waals surface area (Å²) in [6, 6.07) is 6.18. The molecule has 6 heteroatoms. The van der Waals surface area contributed by atoms with E-state index in [0.717, 1.165) is 61.6 Å². The molecule has 1 fully saturated rings. The SMILES string of the molecule is CC(C)CCc1nc2c(N3CCN(C(C)C)CC3)cccc2n1C(N)=O. The number of aromatic nitrogens is 2. The number of carbonyl (C=O) groups is 1. The monoisotopic (exact) mass is 357 g/mol. The lowest BCUT2D eigenvalue weighted by Crippen LogP contribution is -2.48. The standard InChI is InChI=1S/C20H31N5O/c1-14(2)8-9-18-22-19-16(6-5-7-17(19)25(18)20(21)26)24-12-10-23(11-13-24)15(3)4/h5-7,14-15H,8-13H2,1-4H3,(H2,21,26). The topological polar surface area (TPSA) is 67.4 Å². The number of para-hydroxylation sites is 1. The second kappa shape index (κ2) is 7.66. The van der Waals surface area contributed by atoms with Crippen LogP contribution in [-0.2, 0) is 6.42 Å². The predicted molar refractivity (Wildman–Crippen MR) is 107 cm³/mol. The lowest BCUT2D eigenvalue weighted by molar-refractivity contribution is 0.209. The van der Waals surface area contributed by atoms with Crippen molar-refractivity contribution in [3.8, 4) is 0 Å². The molecule has 2 heterocycles. The first-order chi connectivity index (χ1) is 12.4. The van der Waals surface area contributed by atoms with Crippen LogP contribution in [0.2, 0.25) is 0 Å². The highest BCUT2D eigenvalue weighted by molar-refractivity contribution is 5.95. The summed E-state index contributed by atoms with van der Waals surface area (Å²) >= 11 is 0. The van der Waals surface area contributed by atoms with Crippen LogP contribution >= 0.6 is 0 Å². The Hall–Kier alpha value is -2.08. The molecule has 142 valence electrons. The maximum absolute atomic E-state index is 12.1. The first-order valence-electron chi connectivity index (χ1n) is 9.67. The molecule has 6 nitrogen and oxygen atoms in total. The number of imidazole rings is 1. The van der Waals surface area contributed by atoms with Crippen molar-refractivity contribution in [3.05, 3.63) is 24.0 Å². The summed E-state index contributed by atoms with van der Waals surface area (Å²) in [4.78, 5) is 21.8. The molecule has 26 heavy (non-hydrogen) atoms. The van der Waals surface area contributed by atoms with E-state index in [2.05, 4.69) is 43.6 Å². The number of carbonyl (C=O) groups excluding carboxylic acids is 1. The number of fused-ring (bicyclic) bond motifs is 1. The van der Waals surface area contributed by atoms with Gasteiger partial charge in [0.15, 0.2) is 0 Å². The summed E-state index contributed by atoms with van der Waals surface area (Å²) in [6.07, 6.45) is 1.74. The normalized spacial score (nSPS) is 16.2. The molecule has 1 aromatic carbocycles. The zero-order valence-electron chi connectivity index (χ0n) is 16.4. The summed E-state index contributed by atoms with van der Waals surface area (Å²) in [5.41, 5.74) is 8.49. The van der Waals surface area contributed by atoms with Gasteiger partial charge in [-0.3, -0.25) is 4.90 Å². The molecule has 0 saturated carbocycles. The van der Waals surface area contributed by atoms with Crippen molar-refractivity contribution in [2.24, 2.45) is 11.7 Å². The van der Waals surface area contributed by atoms with Gasteiger partial charge in [-0.15, -0.1) is 0 Å². The van der Waals surface area contributed by atoms with Crippen molar-refractivity contribution in [1.82, 2.24) is 14.5 Å². The number of piperazine rings is 1. The summed E-state index contributed by atoms with van der Waals surface area (Å²) in [5.74, 6) is 1.33. The number of hydrogen-bond acceptors (Lipinski definition) is 4. The average Bonchev–Trinajstić information content (AvgIpc) is 2.98. The van der Waals surface area contributed by atoms with Crippen LogP contribution in [0, 0.1) is 5.92 Å². The number of aryl methyl sites for hydroxylation is 1. The fourth-order valence-corrected chi connectivity index (χ4v) is 3.70. The van der Waals surface area contributed by atoms with Gasteiger partial charge in [-0.1, -0.05) is 19.9 Å². The Morgan fingerprint density at radius 2 is 1.85 bits per heavy atom. The van der Waals surface area contributed by atoms with Crippen molar-refractivity contribution in [3.63, 3.8) is 0 Å². The maximum atomic E-state index is 12.1. The molecule has 3 rings (SSSR count). The number of anilines is 1. The number of primary amides is 1. The van der Waals surface area contributed by atoms with Crippen LogP contribution in [0.5, 0.6) is 0 Å². The van der Waals surface area contributed by atoms with Crippen LogP contribution in [0.15, 0.2) is 18.2 Å². The molecule has 0 bridgehead atoms. The molecule has 0 spiro atoms. The molecule has 0 radical (unpaired) electrons. The third kappa shape index (κ3) is 3.70. The fourth-order valence-electron chi connectivity index (χ4n) is 3.70. The molecule has 1 amide bonds. The third-order valence-corrected chi connectivity index (χ3v) is 5.28. The quantitative estimate of drug-likeness (QED) is 0.893. The smallest absolute Gasteiger partial charge is 0.324 e. The van der Waals surface area contributed by atoms with E-state index >= 15 is 0 Å². The molecule has 0 aliphatic carbocycles. The number of amides is 1. The summed E-state index contributed by atoms with van der Waals surface area (Å²) in [5, 5.41) is 0. The Morgan fingerprint density at radius 1 is 1.15 bits per heavy atom. The molecule has 2 aromatic rings. The highest BCUT2D eigenvalue weighted by Gasteiger charge is 2.23. The number of nitrogens with two attached hydrogens (primary N) is 1. The van der Waals surface area contributed by atoms with E-state index < -0.39 is 6.03 Å². The van der Waals surface area contributed by atoms with Gasteiger partial charge in [0, 0.05) is 38.6 Å². The van der Waals surface area contributed by atoms with Gasteiger partial charge in [-0.25, -0.2) is 14.3 Å². The molecule has 1 saturated heterocycles. The first-order valence-corrected chi connectivity index (χ1v) is 9.67. The molecule has 1 aromatic heterocycles. The first kappa shape index (κ1) is 18.7. The van der Waals surface area contributed by atoms with Gasteiger partial charge >= 0.3 is 6.03 Å². The van der Waals surface area contributed by atoms with Crippen molar-refractivity contribution in [1.29, 1.82) is 0 Å². The van der Waals surface area contributed by atoms with Crippen LogP contribution in [-0.4, -0.2) is 52.7 Å². The summed E-state index contributed by atoms with van der Waals surface area (Å²) in [7, 11) is 0. The predicted octanol–water partition coefficient (Wildman–Crippen LogP) is 3.08. The van der Waals surface area contributed by atoms with Crippen LogP contribution in [0.25, 0.3) is 11.0 Å². The van der Waals surface area contributed by atoms with Crippen LogP contribution in [0.4, 0.5) is 10.5 Å². The molecule has 1 aliphatic heterocycles. The van der Waals surface area contributed by atoms with Gasteiger partial charge in [0.25, 0.3) is 0 Å². The van der Waals surface area contributed by atoms with E-state index in [0.29, 0.717) is 12.0 Å². The minimum Gasteiger partial charge on any atom is -0.367 e. The molecule has 1 aliphatic rings. The van der Waals surface area contributed by atoms with Crippen LogP contribution in [0.1, 0.15) is 39.9 Å². The number of benzene rings is 1. The minimum atomic E-state index is -0.451. The Kier molecular flexibility index (Phi) is 5.51. The van der Waals surface area contributed by atoms with Gasteiger partial charge in [0.05, 0.1) is 11.2 Å². The summed E-state index contributed by atoms with van der Waals surface area (Å²) in [6.45, 7) is 12.9. The second-order valence-electron chi connectivity index (χ2n) is 7.90. The molecule has 0 unspecified atom stereocenters. The fraction of sp³-hybridized carbons (Fsp3) is 0.600. The van der Waals surface area contributed by atoms with E-state index in [4.69, 9.17) is 10.7 Å². The Balaban J connectivity index is 1.95. The largest absolute Gasteiger partial charge is 0.367 e. The van der Waals surface area contributed by atoms with E-state index in [9.17, 15) is 4.79 Å². The average molecular weight is 358 g/mol. The highest BCUT2D eigenvalue weighted by Crippen LogP contribution is 2.29. The Morgan fingerprint density at radius 3 is 2.42 bits per heavy atom. The van der Waals surface area contributed by atoms with Crippen LogP contribution in [0.3, 0.4) is 0 Å². The Labute approximate surface area is 156 Å². The van der Waals surface area contributed by atoms with Crippen molar-refractivity contribution < 1.29 is 4.79 Å². The molecular weight excluding hydrogens is 326 g/mol. The van der Waals surface area contributed by atoms with Crippen molar-refractivity contribution >= 4 is 22.8 Å². The summed E-state index contributed by atoms with van der Waals surface area (Å²) < 4.78 is 1.59. The molecule has 0 atom stereocenters. The van der Waals surface area contributed by atoms with E-state index in [1.54, 1.807) is 4.57 Å². The maximum Gasteiger partial charge on any atom is 0.324 e. The van der Waals surface area contributed by atoms with Crippen molar-refractivity contribution in [2.75, 3.05) is 31.1 Å². The zero-order valence-corrected chi connectivity index (χ0v) is 16.4. The minimum absolute atomic E-state index is 0.451. The van der Waals surface area contributed by atoms with Crippen LogP contribution < -0.4 is 10.6 Å². The lowest BCUT2D eigenvalue weighted by atomic mass is 10.1. The highest BCUT2D eigenvalue weighted by atomic mass is 16.2. The van der Waals surface area contributed by atoms with E-state index in [1.165, 1.54) is 0 Å². The Bertz CT molecular complexity index is 772. The van der Waals surface area contributed by atoms with Gasteiger partial charge in [0.2, 0.25) is 0 Å². The number of nitrogens with zero attached hydrogens (tertiary/aromatic N) is 4. The number of rotatable bonds is 5. The van der Waals surface area contributed by atoms with Gasteiger partial charge in [0.1, 0.15) is 11.3 Å². The van der Waals surface area contributed by atoms with E-state index in [-0.39, 0.29) is 0 Å². The second-order valence-corrected chi connectivity index (χ2v) is 7.90. The molecule has 2 N–H and O–H groups in total. The number of hydrogen-bond donors (Lipinski definition) is 1.